The van der Waals surface area contributed by atoms with Gasteiger partial charge in [0.15, 0.2) is 5.54 Å². The first-order valence-corrected chi connectivity index (χ1v) is 10.9. The predicted octanol–water partition coefficient (Wildman–Crippen LogP) is 3.27. The average Bonchev–Trinajstić information content (AvgIpc) is 3.51. The summed E-state index contributed by atoms with van der Waals surface area (Å²) in [7, 11) is 1.30. The molecule has 5 rings (SSSR count). The minimum absolute atomic E-state index is 0.311. The van der Waals surface area contributed by atoms with Crippen LogP contribution in [0, 0.1) is 11.8 Å². The molecule has 1 aromatic heterocycles. The highest BCUT2D eigenvalue weighted by atomic mass is 32.1. The number of imide groups is 1. The molecule has 1 N–H and O–H groups in total. The van der Waals surface area contributed by atoms with Crippen LogP contribution in [0.5, 0.6) is 0 Å². The molecule has 2 aromatic carbocycles. The van der Waals surface area contributed by atoms with Gasteiger partial charge in [0.1, 0.15) is 0 Å². The molecule has 6 nitrogen and oxygen atoms in total. The average molecular weight is 433 g/mol. The highest BCUT2D eigenvalue weighted by Gasteiger charge is 2.69. The number of thiophene rings is 1. The van der Waals surface area contributed by atoms with Crippen LogP contribution in [0.1, 0.15) is 16.5 Å². The van der Waals surface area contributed by atoms with E-state index in [9.17, 15) is 14.4 Å². The van der Waals surface area contributed by atoms with Gasteiger partial charge < -0.3 is 4.74 Å². The van der Waals surface area contributed by atoms with Crippen molar-refractivity contribution in [2.24, 2.45) is 11.8 Å². The molecule has 31 heavy (non-hydrogen) atoms. The molecular formula is C24H20N2O4S. The van der Waals surface area contributed by atoms with Gasteiger partial charge >= 0.3 is 5.97 Å². The van der Waals surface area contributed by atoms with E-state index < -0.39 is 35.3 Å². The quantitative estimate of drug-likeness (QED) is 0.506. The summed E-state index contributed by atoms with van der Waals surface area (Å²) < 4.78 is 5.21. The van der Waals surface area contributed by atoms with Gasteiger partial charge in [0, 0.05) is 4.88 Å². The Balaban J connectivity index is 1.73. The normalized spacial score (nSPS) is 27.4. The zero-order chi connectivity index (χ0) is 21.6. The minimum atomic E-state index is -1.47. The van der Waals surface area contributed by atoms with Crippen molar-refractivity contribution in [1.29, 1.82) is 0 Å². The van der Waals surface area contributed by atoms with Crippen molar-refractivity contribution in [3.63, 3.8) is 0 Å². The van der Waals surface area contributed by atoms with Crippen LogP contribution in [0.25, 0.3) is 0 Å². The Labute approximate surface area is 183 Å². The molecule has 7 heteroatoms. The number of carbonyl (C=O) groups is 3. The number of hydrogen-bond donors (Lipinski definition) is 1. The predicted molar refractivity (Wildman–Crippen MR) is 116 cm³/mol. The van der Waals surface area contributed by atoms with E-state index in [-0.39, 0.29) is 5.91 Å². The standard InChI is InChI=1S/C24H20N2O4S/c1-30-23(29)24(15-9-4-2-5-10-15)19-18(20(25-24)17-13-8-14-31-17)21(27)26(22(19)28)16-11-6-3-7-12-16/h2-14,18-20,25H,1H3/t18-,19+,20-,24+/m0/s1. The van der Waals surface area contributed by atoms with E-state index in [0.29, 0.717) is 11.3 Å². The second-order valence-corrected chi connectivity index (χ2v) is 8.63. The lowest BCUT2D eigenvalue weighted by Gasteiger charge is -2.32. The summed E-state index contributed by atoms with van der Waals surface area (Å²) in [6.07, 6.45) is 0. The lowest BCUT2D eigenvalue weighted by atomic mass is 9.75. The number of anilines is 1. The van der Waals surface area contributed by atoms with Gasteiger partial charge in [-0.05, 0) is 29.1 Å². The Morgan fingerprint density at radius 2 is 1.65 bits per heavy atom. The lowest BCUT2D eigenvalue weighted by Crippen LogP contribution is -2.53. The van der Waals surface area contributed by atoms with E-state index in [1.54, 1.807) is 36.4 Å². The van der Waals surface area contributed by atoms with Gasteiger partial charge in [-0.3, -0.25) is 14.9 Å². The Hall–Kier alpha value is -3.29. The summed E-state index contributed by atoms with van der Waals surface area (Å²) in [5.74, 6) is -2.95. The molecular weight excluding hydrogens is 412 g/mol. The SMILES string of the molecule is COC(=O)[C@]1(c2ccccc2)N[C@@H](c2cccs2)[C@H]2C(=O)N(c3ccccc3)C(=O)[C@@H]21. The van der Waals surface area contributed by atoms with E-state index in [0.717, 1.165) is 4.88 Å². The summed E-state index contributed by atoms with van der Waals surface area (Å²) in [5, 5.41) is 5.30. The van der Waals surface area contributed by atoms with Crippen LogP contribution >= 0.6 is 11.3 Å². The molecule has 2 aliphatic rings. The molecule has 2 fully saturated rings. The van der Waals surface area contributed by atoms with E-state index >= 15 is 0 Å². The number of methoxy groups -OCH3 is 1. The first-order valence-electron chi connectivity index (χ1n) is 9.97. The highest BCUT2D eigenvalue weighted by molar-refractivity contribution is 7.10. The van der Waals surface area contributed by atoms with Crippen molar-refractivity contribution in [3.05, 3.63) is 88.6 Å². The molecule has 2 amide bonds. The molecule has 0 unspecified atom stereocenters. The Morgan fingerprint density at radius 1 is 0.968 bits per heavy atom. The van der Waals surface area contributed by atoms with E-state index in [4.69, 9.17) is 4.74 Å². The third kappa shape index (κ3) is 2.77. The second-order valence-electron chi connectivity index (χ2n) is 7.65. The second kappa shape index (κ2) is 7.44. The van der Waals surface area contributed by atoms with Crippen LogP contribution in [0.4, 0.5) is 5.69 Å². The molecule has 2 aliphatic heterocycles. The topological polar surface area (TPSA) is 75.7 Å². The summed E-state index contributed by atoms with van der Waals surface area (Å²) in [6.45, 7) is 0. The van der Waals surface area contributed by atoms with Gasteiger partial charge in [-0.2, -0.15) is 0 Å². The molecule has 0 radical (unpaired) electrons. The van der Waals surface area contributed by atoms with Crippen LogP contribution in [-0.4, -0.2) is 24.9 Å². The van der Waals surface area contributed by atoms with Gasteiger partial charge in [-0.25, -0.2) is 9.69 Å². The minimum Gasteiger partial charge on any atom is -0.467 e. The molecule has 0 saturated carbocycles. The molecule has 0 spiro atoms. The van der Waals surface area contributed by atoms with Gasteiger partial charge in [-0.1, -0.05) is 54.6 Å². The summed E-state index contributed by atoms with van der Waals surface area (Å²) in [6, 6.07) is 21.2. The largest absolute Gasteiger partial charge is 0.467 e. The first kappa shape index (κ1) is 19.7. The van der Waals surface area contributed by atoms with Crippen molar-refractivity contribution in [2.45, 2.75) is 11.6 Å². The third-order valence-electron chi connectivity index (χ3n) is 6.16. The number of ether oxygens (including phenoxy) is 1. The fourth-order valence-corrected chi connectivity index (χ4v) is 5.71. The maximum atomic E-state index is 13.8. The molecule has 156 valence electrons. The lowest BCUT2D eigenvalue weighted by molar-refractivity contribution is -0.152. The van der Waals surface area contributed by atoms with Crippen LogP contribution in [0.3, 0.4) is 0 Å². The number of benzene rings is 2. The number of esters is 1. The number of nitrogens with one attached hydrogen (secondary N) is 1. The number of rotatable bonds is 4. The molecule has 3 aromatic rings. The molecule has 2 saturated heterocycles. The molecule has 0 bridgehead atoms. The molecule has 0 aliphatic carbocycles. The monoisotopic (exact) mass is 432 g/mol. The number of carbonyl (C=O) groups excluding carboxylic acids is 3. The van der Waals surface area contributed by atoms with Crippen LogP contribution in [-0.2, 0) is 24.7 Å². The maximum absolute atomic E-state index is 13.8. The van der Waals surface area contributed by atoms with E-state index in [1.807, 2.05) is 41.8 Å². The Kier molecular flexibility index (Phi) is 4.72. The summed E-state index contributed by atoms with van der Waals surface area (Å²) in [4.78, 5) is 42.9. The number of amides is 2. The third-order valence-corrected chi connectivity index (χ3v) is 7.12. The fourth-order valence-electron chi connectivity index (χ4n) is 4.88. The number of para-hydroxylation sites is 1. The van der Waals surface area contributed by atoms with Crippen molar-refractivity contribution in [3.8, 4) is 0 Å². The fraction of sp³-hybridized carbons (Fsp3) is 0.208. The number of fused-ring (bicyclic) bond motifs is 1. The summed E-state index contributed by atoms with van der Waals surface area (Å²) >= 11 is 1.49. The number of nitrogens with zero attached hydrogens (tertiary/aromatic N) is 1. The zero-order valence-electron chi connectivity index (χ0n) is 16.7. The first-order chi connectivity index (χ1) is 15.1. The highest BCUT2D eigenvalue weighted by Crippen LogP contribution is 2.54. The van der Waals surface area contributed by atoms with Crippen molar-refractivity contribution in [2.75, 3.05) is 12.0 Å². The van der Waals surface area contributed by atoms with E-state index in [2.05, 4.69) is 5.32 Å². The Bertz CT molecular complexity index is 1130. The van der Waals surface area contributed by atoms with Gasteiger partial charge in [0.05, 0.1) is 30.7 Å². The van der Waals surface area contributed by atoms with Crippen molar-refractivity contribution in [1.82, 2.24) is 5.32 Å². The van der Waals surface area contributed by atoms with Gasteiger partial charge in [0.2, 0.25) is 11.8 Å². The molecule has 4 atom stereocenters. The van der Waals surface area contributed by atoms with Crippen LogP contribution in [0.2, 0.25) is 0 Å². The maximum Gasteiger partial charge on any atom is 0.331 e. The molecule has 3 heterocycles. The van der Waals surface area contributed by atoms with E-state index in [1.165, 1.54) is 23.3 Å². The Morgan fingerprint density at radius 3 is 2.26 bits per heavy atom. The van der Waals surface area contributed by atoms with Gasteiger partial charge in [0.25, 0.3) is 0 Å². The smallest absolute Gasteiger partial charge is 0.331 e. The van der Waals surface area contributed by atoms with Crippen molar-refractivity contribution < 1.29 is 19.1 Å². The van der Waals surface area contributed by atoms with Crippen molar-refractivity contribution >= 4 is 34.8 Å². The van der Waals surface area contributed by atoms with Gasteiger partial charge in [-0.15, -0.1) is 11.3 Å². The number of hydrogen-bond acceptors (Lipinski definition) is 6. The van der Waals surface area contributed by atoms with Crippen LogP contribution in [0.15, 0.2) is 78.2 Å². The summed E-state index contributed by atoms with van der Waals surface area (Å²) in [5.41, 5.74) is -0.360. The zero-order valence-corrected chi connectivity index (χ0v) is 17.5. The van der Waals surface area contributed by atoms with Crippen LogP contribution < -0.4 is 10.2 Å².